The van der Waals surface area contributed by atoms with Gasteiger partial charge in [0, 0.05) is 35.6 Å². The third kappa shape index (κ3) is 2.07. The fourth-order valence-corrected chi connectivity index (χ4v) is 2.95. The maximum absolute atomic E-state index is 12.6. The Morgan fingerprint density at radius 1 is 1.25 bits per heavy atom. The van der Waals surface area contributed by atoms with Gasteiger partial charge in [0.25, 0.3) is 0 Å². The zero-order valence-electron chi connectivity index (χ0n) is 12.9. The van der Waals surface area contributed by atoms with Gasteiger partial charge >= 0.3 is 0 Å². The summed E-state index contributed by atoms with van der Waals surface area (Å²) in [7, 11) is 2.02. The Hall–Kier alpha value is -1.57. The fourth-order valence-electron chi connectivity index (χ4n) is 2.95. The molecule has 0 radical (unpaired) electrons. The molecular weight excluding hydrogens is 246 g/mol. The molecule has 0 amide bonds. The number of Topliss-reactive ketones (excluding diaryl/α,β-unsaturated/α-hetero) is 1. The topological polar surface area (TPSA) is 22.0 Å². The van der Waals surface area contributed by atoms with Gasteiger partial charge in [-0.1, -0.05) is 33.3 Å². The van der Waals surface area contributed by atoms with E-state index in [4.69, 9.17) is 0 Å². The zero-order chi connectivity index (χ0) is 14.5. The normalized spacial score (nSPS) is 16.4. The quantitative estimate of drug-likeness (QED) is 0.738. The molecule has 1 fully saturated rings. The second kappa shape index (κ2) is 4.47. The van der Waals surface area contributed by atoms with E-state index >= 15 is 0 Å². The molecule has 106 valence electrons. The molecule has 1 heterocycles. The Bertz CT molecular complexity index is 669. The van der Waals surface area contributed by atoms with Crippen LogP contribution in [0.3, 0.4) is 0 Å². The Morgan fingerprint density at radius 3 is 2.50 bits per heavy atom. The molecule has 1 aromatic carbocycles. The van der Waals surface area contributed by atoms with Gasteiger partial charge in [0.05, 0.1) is 0 Å². The summed E-state index contributed by atoms with van der Waals surface area (Å²) in [5.41, 5.74) is 3.47. The number of carbonyl (C=O) groups is 1. The van der Waals surface area contributed by atoms with E-state index in [0.29, 0.717) is 5.78 Å². The summed E-state index contributed by atoms with van der Waals surface area (Å²) in [5, 5.41) is 1.12. The number of aromatic nitrogens is 1. The third-order valence-corrected chi connectivity index (χ3v) is 4.60. The summed E-state index contributed by atoms with van der Waals surface area (Å²) in [6.45, 7) is 6.64. The fraction of sp³-hybridized carbons (Fsp3) is 0.500. The van der Waals surface area contributed by atoms with Crippen LogP contribution in [0.25, 0.3) is 10.9 Å². The van der Waals surface area contributed by atoms with Crippen molar-refractivity contribution in [3.8, 4) is 0 Å². The third-order valence-electron chi connectivity index (χ3n) is 4.60. The summed E-state index contributed by atoms with van der Waals surface area (Å²) >= 11 is 0. The Balaban J connectivity index is 2.14. The first kappa shape index (κ1) is 13.4. The average Bonchev–Trinajstić information content (AvgIpc) is 2.63. The van der Waals surface area contributed by atoms with Gasteiger partial charge in [0.2, 0.25) is 0 Å². The number of rotatable bonds is 2. The molecule has 1 aliphatic carbocycles. The van der Waals surface area contributed by atoms with Crippen LogP contribution in [-0.4, -0.2) is 10.4 Å². The maximum Gasteiger partial charge on any atom is 0.168 e. The largest absolute Gasteiger partial charge is 0.350 e. The molecule has 0 aliphatic heterocycles. The molecule has 2 heteroatoms. The van der Waals surface area contributed by atoms with Crippen LogP contribution in [-0.2, 0) is 12.5 Å². The van der Waals surface area contributed by atoms with Gasteiger partial charge in [-0.05, 0) is 36.0 Å². The van der Waals surface area contributed by atoms with Crippen molar-refractivity contribution < 1.29 is 4.79 Å². The van der Waals surface area contributed by atoms with Crippen LogP contribution in [0.5, 0.6) is 0 Å². The van der Waals surface area contributed by atoms with Gasteiger partial charge in [-0.25, -0.2) is 0 Å². The number of ketones is 1. The Labute approximate surface area is 120 Å². The van der Waals surface area contributed by atoms with E-state index in [9.17, 15) is 4.79 Å². The molecule has 20 heavy (non-hydrogen) atoms. The van der Waals surface area contributed by atoms with Crippen molar-refractivity contribution in [1.29, 1.82) is 0 Å². The molecule has 0 saturated heterocycles. The van der Waals surface area contributed by atoms with Crippen LogP contribution in [0.2, 0.25) is 0 Å². The number of carbonyl (C=O) groups excluding carboxylic acids is 1. The lowest BCUT2D eigenvalue weighted by Crippen LogP contribution is -2.21. The standard InChI is InChI=1S/C18H23NO/c1-18(2,3)13-8-9-16-14(10-13)15(11-19(16)4)17(20)12-6-5-7-12/h8-12H,5-7H2,1-4H3. The van der Waals surface area contributed by atoms with Crippen molar-refractivity contribution in [1.82, 2.24) is 4.57 Å². The number of aryl methyl sites for hydroxylation is 1. The van der Waals surface area contributed by atoms with Gasteiger partial charge in [-0.15, -0.1) is 0 Å². The first-order chi connectivity index (χ1) is 9.38. The van der Waals surface area contributed by atoms with Gasteiger partial charge in [0.15, 0.2) is 5.78 Å². The van der Waals surface area contributed by atoms with E-state index < -0.39 is 0 Å². The second-order valence-corrected chi connectivity index (χ2v) is 7.13. The molecule has 2 aromatic rings. The first-order valence-corrected chi connectivity index (χ1v) is 7.52. The van der Waals surface area contributed by atoms with Crippen LogP contribution >= 0.6 is 0 Å². The summed E-state index contributed by atoms with van der Waals surface area (Å²) in [4.78, 5) is 12.6. The molecule has 0 spiro atoms. The van der Waals surface area contributed by atoms with Crippen LogP contribution in [0, 0.1) is 5.92 Å². The average molecular weight is 269 g/mol. The predicted octanol–water partition coefficient (Wildman–Crippen LogP) is 4.46. The molecule has 3 rings (SSSR count). The van der Waals surface area contributed by atoms with Crippen LogP contribution in [0.4, 0.5) is 0 Å². The van der Waals surface area contributed by atoms with Crippen molar-refractivity contribution in [2.45, 2.75) is 45.4 Å². The monoisotopic (exact) mass is 269 g/mol. The van der Waals surface area contributed by atoms with Gasteiger partial charge < -0.3 is 4.57 Å². The summed E-state index contributed by atoms with van der Waals surface area (Å²) in [6, 6.07) is 6.54. The highest BCUT2D eigenvalue weighted by atomic mass is 16.1. The minimum Gasteiger partial charge on any atom is -0.350 e. The van der Waals surface area contributed by atoms with Gasteiger partial charge in [-0.3, -0.25) is 4.79 Å². The van der Waals surface area contributed by atoms with Crippen molar-refractivity contribution >= 4 is 16.7 Å². The van der Waals surface area contributed by atoms with Crippen LogP contribution in [0.1, 0.15) is 56.0 Å². The van der Waals surface area contributed by atoms with Gasteiger partial charge in [0.1, 0.15) is 0 Å². The summed E-state index contributed by atoms with van der Waals surface area (Å²) < 4.78 is 2.08. The van der Waals surface area contributed by atoms with Crippen molar-refractivity contribution in [2.75, 3.05) is 0 Å². The summed E-state index contributed by atoms with van der Waals surface area (Å²) in [5.74, 6) is 0.604. The highest BCUT2D eigenvalue weighted by molar-refractivity contribution is 6.09. The predicted molar refractivity (Wildman–Crippen MR) is 83.3 cm³/mol. The second-order valence-electron chi connectivity index (χ2n) is 7.13. The molecular formula is C18H23NO. The highest BCUT2D eigenvalue weighted by Gasteiger charge is 2.28. The van der Waals surface area contributed by atoms with Crippen LogP contribution < -0.4 is 0 Å². The summed E-state index contributed by atoms with van der Waals surface area (Å²) in [6.07, 6.45) is 5.34. The lowest BCUT2D eigenvalue weighted by molar-refractivity contribution is 0.0857. The lowest BCUT2D eigenvalue weighted by Gasteiger charge is -2.23. The smallest absolute Gasteiger partial charge is 0.168 e. The van der Waals surface area contributed by atoms with E-state index in [1.54, 1.807) is 0 Å². The lowest BCUT2D eigenvalue weighted by atomic mass is 9.79. The minimum atomic E-state index is 0.112. The van der Waals surface area contributed by atoms with Crippen LogP contribution in [0.15, 0.2) is 24.4 Å². The molecule has 1 aliphatic rings. The number of fused-ring (bicyclic) bond motifs is 1. The number of hydrogen-bond acceptors (Lipinski definition) is 1. The molecule has 0 bridgehead atoms. The van der Waals surface area contributed by atoms with Gasteiger partial charge in [-0.2, -0.15) is 0 Å². The zero-order valence-corrected chi connectivity index (χ0v) is 12.9. The molecule has 0 N–H and O–H groups in total. The number of benzene rings is 1. The van der Waals surface area contributed by atoms with E-state index in [0.717, 1.165) is 29.3 Å². The SMILES string of the molecule is Cn1cc(C(=O)C2CCC2)c2cc(C(C)(C)C)ccc21. The Morgan fingerprint density at radius 2 is 1.95 bits per heavy atom. The molecule has 1 aromatic heterocycles. The minimum absolute atomic E-state index is 0.112. The maximum atomic E-state index is 12.6. The number of nitrogens with zero attached hydrogens (tertiary/aromatic N) is 1. The Kier molecular flexibility index (Phi) is 3.00. The molecule has 0 atom stereocenters. The molecule has 0 unspecified atom stereocenters. The van der Waals surface area contributed by atoms with E-state index in [1.807, 2.05) is 13.2 Å². The van der Waals surface area contributed by atoms with E-state index in [-0.39, 0.29) is 11.3 Å². The number of hydrogen-bond donors (Lipinski definition) is 0. The van der Waals surface area contributed by atoms with Crippen molar-refractivity contribution in [3.63, 3.8) is 0 Å². The first-order valence-electron chi connectivity index (χ1n) is 7.52. The van der Waals surface area contributed by atoms with Crippen molar-refractivity contribution in [3.05, 3.63) is 35.5 Å². The molecule has 1 saturated carbocycles. The highest BCUT2D eigenvalue weighted by Crippen LogP contribution is 2.34. The van der Waals surface area contributed by atoms with E-state index in [1.165, 1.54) is 12.0 Å². The van der Waals surface area contributed by atoms with E-state index in [2.05, 4.69) is 43.5 Å². The molecule has 2 nitrogen and oxygen atoms in total. The van der Waals surface area contributed by atoms with Crippen molar-refractivity contribution in [2.24, 2.45) is 13.0 Å².